The van der Waals surface area contributed by atoms with Gasteiger partial charge in [-0.1, -0.05) is 61.9 Å². The third kappa shape index (κ3) is 5.87. The molecule has 1 aliphatic carbocycles. The summed E-state index contributed by atoms with van der Waals surface area (Å²) in [6, 6.07) is 15.6. The van der Waals surface area contributed by atoms with Gasteiger partial charge in [0.15, 0.2) is 0 Å². The van der Waals surface area contributed by atoms with Gasteiger partial charge in [-0.3, -0.25) is 4.79 Å². The Morgan fingerprint density at radius 2 is 1.59 bits per heavy atom. The molecule has 3 N–H and O–H groups in total. The van der Waals surface area contributed by atoms with Crippen LogP contribution in [0.15, 0.2) is 48.5 Å². The standard InChI is InChI=1S/C25H30N2O5/c1-2-22(24(29)30)27-23(28)14-4-3-9-15-26-25(31)32-16-21-19-12-7-5-10-17(19)18-11-6-8-13-20(18)21/h5-8,10-13,21-22H,2-4,9,14-16H2,1H3,(H,26,31)(H,27,28)(H,29,30)/t22-/m1/s1. The highest BCUT2D eigenvalue weighted by molar-refractivity contribution is 5.83. The van der Waals surface area contributed by atoms with Crippen LogP contribution in [0.25, 0.3) is 11.1 Å². The Balaban J connectivity index is 1.34. The van der Waals surface area contributed by atoms with Gasteiger partial charge in [0, 0.05) is 18.9 Å². The smallest absolute Gasteiger partial charge is 0.407 e. The predicted molar refractivity (Wildman–Crippen MR) is 121 cm³/mol. The average Bonchev–Trinajstić information content (AvgIpc) is 3.12. The van der Waals surface area contributed by atoms with Gasteiger partial charge in [0.1, 0.15) is 12.6 Å². The molecule has 0 spiro atoms. The highest BCUT2D eigenvalue weighted by Gasteiger charge is 2.28. The van der Waals surface area contributed by atoms with Gasteiger partial charge in [-0.05, 0) is 41.5 Å². The number of aliphatic carboxylic acids is 1. The molecule has 0 saturated heterocycles. The topological polar surface area (TPSA) is 105 Å². The van der Waals surface area contributed by atoms with Crippen molar-refractivity contribution in [2.75, 3.05) is 13.2 Å². The van der Waals surface area contributed by atoms with E-state index in [0.29, 0.717) is 25.8 Å². The fourth-order valence-corrected chi connectivity index (χ4v) is 4.03. The average molecular weight is 439 g/mol. The monoisotopic (exact) mass is 438 g/mol. The largest absolute Gasteiger partial charge is 0.480 e. The van der Waals surface area contributed by atoms with E-state index in [9.17, 15) is 14.4 Å². The number of carbonyl (C=O) groups excluding carboxylic acids is 2. The zero-order chi connectivity index (χ0) is 22.9. The molecule has 0 aliphatic heterocycles. The Morgan fingerprint density at radius 3 is 2.19 bits per heavy atom. The number of unbranched alkanes of at least 4 members (excludes halogenated alkanes) is 2. The molecule has 2 amide bonds. The van der Waals surface area contributed by atoms with Crippen LogP contribution in [-0.4, -0.2) is 42.3 Å². The molecule has 0 radical (unpaired) electrons. The van der Waals surface area contributed by atoms with Gasteiger partial charge in [-0.15, -0.1) is 0 Å². The van der Waals surface area contributed by atoms with Crippen molar-refractivity contribution in [3.8, 4) is 11.1 Å². The molecule has 170 valence electrons. The van der Waals surface area contributed by atoms with Crippen LogP contribution in [0.1, 0.15) is 56.1 Å². The lowest BCUT2D eigenvalue weighted by Crippen LogP contribution is -2.40. The van der Waals surface area contributed by atoms with Crippen LogP contribution < -0.4 is 10.6 Å². The Morgan fingerprint density at radius 1 is 0.969 bits per heavy atom. The fourth-order valence-electron chi connectivity index (χ4n) is 4.03. The van der Waals surface area contributed by atoms with Crippen molar-refractivity contribution < 1.29 is 24.2 Å². The number of fused-ring (bicyclic) bond motifs is 3. The zero-order valence-corrected chi connectivity index (χ0v) is 18.3. The summed E-state index contributed by atoms with van der Waals surface area (Å²) in [7, 11) is 0. The first-order chi connectivity index (χ1) is 15.5. The molecule has 0 heterocycles. The van der Waals surface area contributed by atoms with Gasteiger partial charge in [0.05, 0.1) is 0 Å². The predicted octanol–water partition coefficient (Wildman–Crippen LogP) is 4.06. The number of hydrogen-bond acceptors (Lipinski definition) is 4. The van der Waals surface area contributed by atoms with Gasteiger partial charge >= 0.3 is 12.1 Å². The maximum absolute atomic E-state index is 12.1. The summed E-state index contributed by atoms with van der Waals surface area (Å²) in [6.07, 6.45) is 2.28. The maximum Gasteiger partial charge on any atom is 0.407 e. The molecular formula is C25H30N2O5. The molecule has 0 saturated carbocycles. The number of carboxylic acid groups (broad SMARTS) is 1. The van der Waals surface area contributed by atoms with E-state index in [1.807, 2.05) is 24.3 Å². The lowest BCUT2D eigenvalue weighted by molar-refractivity contribution is -0.141. The normalized spacial score (nSPS) is 13.0. The summed E-state index contributed by atoms with van der Waals surface area (Å²) in [5.41, 5.74) is 4.73. The Hall–Kier alpha value is -3.35. The lowest BCUT2D eigenvalue weighted by Gasteiger charge is -2.14. The van der Waals surface area contributed by atoms with Crippen molar-refractivity contribution >= 4 is 18.0 Å². The molecule has 2 aromatic rings. The third-order valence-corrected chi connectivity index (χ3v) is 5.74. The number of rotatable bonds is 11. The first kappa shape index (κ1) is 23.3. The molecule has 0 bridgehead atoms. The number of nitrogens with one attached hydrogen (secondary N) is 2. The summed E-state index contributed by atoms with van der Waals surface area (Å²) in [6.45, 7) is 2.46. The van der Waals surface area contributed by atoms with E-state index in [1.165, 1.54) is 22.3 Å². The van der Waals surface area contributed by atoms with Crippen LogP contribution in [0.3, 0.4) is 0 Å². The summed E-state index contributed by atoms with van der Waals surface area (Å²) < 4.78 is 5.49. The number of carbonyl (C=O) groups is 3. The second kappa shape index (κ2) is 11.3. The first-order valence-electron chi connectivity index (χ1n) is 11.1. The Bertz CT molecular complexity index is 913. The minimum Gasteiger partial charge on any atom is -0.480 e. The molecule has 0 fully saturated rings. The van der Waals surface area contributed by atoms with E-state index in [4.69, 9.17) is 9.84 Å². The lowest BCUT2D eigenvalue weighted by atomic mass is 9.98. The van der Waals surface area contributed by atoms with Crippen molar-refractivity contribution in [1.82, 2.24) is 10.6 Å². The second-order valence-corrected chi connectivity index (χ2v) is 7.93. The van der Waals surface area contributed by atoms with E-state index in [1.54, 1.807) is 6.92 Å². The molecule has 3 rings (SSSR count). The number of alkyl carbamates (subject to hydrolysis) is 1. The van der Waals surface area contributed by atoms with Gasteiger partial charge in [0.25, 0.3) is 0 Å². The molecule has 1 atom stereocenters. The highest BCUT2D eigenvalue weighted by Crippen LogP contribution is 2.44. The molecular weight excluding hydrogens is 408 g/mol. The van der Waals surface area contributed by atoms with Gasteiger partial charge in [0.2, 0.25) is 5.91 Å². The van der Waals surface area contributed by atoms with Crippen molar-refractivity contribution in [3.63, 3.8) is 0 Å². The number of amides is 2. The molecule has 0 aromatic heterocycles. The summed E-state index contributed by atoms with van der Waals surface area (Å²) in [5, 5.41) is 14.2. The number of carboxylic acids is 1. The molecule has 1 aliphatic rings. The molecule has 7 heteroatoms. The summed E-state index contributed by atoms with van der Waals surface area (Å²) in [4.78, 5) is 34.8. The van der Waals surface area contributed by atoms with E-state index >= 15 is 0 Å². The van der Waals surface area contributed by atoms with Crippen molar-refractivity contribution in [3.05, 3.63) is 59.7 Å². The number of ether oxygens (including phenoxy) is 1. The van der Waals surface area contributed by atoms with Crippen molar-refractivity contribution in [2.24, 2.45) is 0 Å². The van der Waals surface area contributed by atoms with Crippen LogP contribution >= 0.6 is 0 Å². The molecule has 0 unspecified atom stereocenters. The van der Waals surface area contributed by atoms with Gasteiger partial charge in [-0.2, -0.15) is 0 Å². The van der Waals surface area contributed by atoms with Crippen LogP contribution in [0.5, 0.6) is 0 Å². The first-order valence-corrected chi connectivity index (χ1v) is 11.1. The Labute approximate surface area is 188 Å². The van der Waals surface area contributed by atoms with E-state index in [0.717, 1.165) is 6.42 Å². The Kier molecular flexibility index (Phi) is 8.25. The van der Waals surface area contributed by atoms with Gasteiger partial charge in [-0.25, -0.2) is 9.59 Å². The second-order valence-electron chi connectivity index (χ2n) is 7.93. The van der Waals surface area contributed by atoms with E-state index in [2.05, 4.69) is 34.9 Å². The van der Waals surface area contributed by atoms with Crippen LogP contribution in [0.4, 0.5) is 4.79 Å². The SMILES string of the molecule is CC[C@@H](NC(=O)CCCCCNC(=O)OCC1c2ccccc2-c2ccccc21)C(=O)O. The molecule has 7 nitrogen and oxygen atoms in total. The number of benzene rings is 2. The van der Waals surface area contributed by atoms with E-state index in [-0.39, 0.29) is 24.9 Å². The van der Waals surface area contributed by atoms with Crippen LogP contribution in [0, 0.1) is 0 Å². The minimum atomic E-state index is -1.02. The fraction of sp³-hybridized carbons (Fsp3) is 0.400. The quantitative estimate of drug-likeness (QED) is 0.459. The summed E-state index contributed by atoms with van der Waals surface area (Å²) >= 11 is 0. The van der Waals surface area contributed by atoms with Crippen LogP contribution in [-0.2, 0) is 14.3 Å². The summed E-state index contributed by atoms with van der Waals surface area (Å²) in [5.74, 6) is -1.25. The third-order valence-electron chi connectivity index (χ3n) is 5.74. The zero-order valence-electron chi connectivity index (χ0n) is 18.3. The van der Waals surface area contributed by atoms with Crippen molar-refractivity contribution in [2.45, 2.75) is 51.0 Å². The minimum absolute atomic E-state index is 0.0319. The maximum atomic E-state index is 12.1. The number of hydrogen-bond donors (Lipinski definition) is 3. The van der Waals surface area contributed by atoms with Gasteiger partial charge < -0.3 is 20.5 Å². The van der Waals surface area contributed by atoms with Crippen LogP contribution in [0.2, 0.25) is 0 Å². The molecule has 2 aromatic carbocycles. The van der Waals surface area contributed by atoms with E-state index < -0.39 is 18.1 Å². The van der Waals surface area contributed by atoms with Crippen molar-refractivity contribution in [1.29, 1.82) is 0 Å². The molecule has 32 heavy (non-hydrogen) atoms. The highest BCUT2D eigenvalue weighted by atomic mass is 16.5.